The van der Waals surface area contributed by atoms with Crippen molar-refractivity contribution >= 4 is 27.0 Å². The predicted molar refractivity (Wildman–Crippen MR) is 157 cm³/mol. The van der Waals surface area contributed by atoms with Gasteiger partial charge in [0.1, 0.15) is 13.2 Å². The molecule has 1 aliphatic rings. The molecule has 0 aromatic carbocycles. The summed E-state index contributed by atoms with van der Waals surface area (Å²) in [5.74, 6) is 0. The summed E-state index contributed by atoms with van der Waals surface area (Å²) in [5.41, 5.74) is 5.08. The van der Waals surface area contributed by atoms with Crippen molar-refractivity contribution in [3.05, 3.63) is 40.4 Å². The van der Waals surface area contributed by atoms with Crippen LogP contribution >= 0.6 is 7.82 Å². The van der Waals surface area contributed by atoms with Crippen molar-refractivity contribution in [2.24, 2.45) is 4.99 Å². The van der Waals surface area contributed by atoms with E-state index in [0.29, 0.717) is 16.7 Å². The van der Waals surface area contributed by atoms with E-state index in [2.05, 4.69) is 4.99 Å². The first kappa shape index (κ1) is 33.6. The Morgan fingerprint density at radius 3 is 2.08 bits per heavy atom. The van der Waals surface area contributed by atoms with E-state index in [0.717, 1.165) is 96.8 Å². The van der Waals surface area contributed by atoms with Gasteiger partial charge in [0.2, 0.25) is 0 Å². The third-order valence-corrected chi connectivity index (χ3v) is 7.93. The van der Waals surface area contributed by atoms with Crippen molar-refractivity contribution in [3.8, 4) is 0 Å². The first-order chi connectivity index (χ1) is 18.3. The smallest absolute Gasteiger partial charge is 0.332 e. The molecule has 0 spiro atoms. The first-order valence-corrected chi connectivity index (χ1v) is 15.6. The van der Waals surface area contributed by atoms with Crippen LogP contribution in [0.5, 0.6) is 0 Å². The van der Waals surface area contributed by atoms with Crippen LogP contribution in [0.4, 0.5) is 8.63 Å². The number of hydrogen-bond acceptors (Lipinski definition) is 4. The Bertz CT molecular complexity index is 1060. The monoisotopic (exact) mass is 570 g/mol. The number of halogens is 2. The molecule has 7 nitrogen and oxygen atoms in total. The highest BCUT2D eigenvalue weighted by Gasteiger charge is 2.24. The van der Waals surface area contributed by atoms with Gasteiger partial charge in [-0.3, -0.25) is 22.7 Å². The van der Waals surface area contributed by atoms with Gasteiger partial charge < -0.3 is 13.9 Å². The number of unbranched alkanes of at least 4 members (excludes halogenated alkanes) is 8. The maximum Gasteiger partial charge on any atom is 0.677 e. The second-order valence-electron chi connectivity index (χ2n) is 11.5. The Hall–Kier alpha value is -1.58. The van der Waals surface area contributed by atoms with Crippen LogP contribution in [0.2, 0.25) is 0 Å². The average Bonchev–Trinajstić information content (AvgIpc) is 3.31. The molecule has 0 saturated heterocycles. The first-order valence-electron chi connectivity index (χ1n) is 14.2. The van der Waals surface area contributed by atoms with E-state index in [1.165, 1.54) is 0 Å². The van der Waals surface area contributed by atoms with Gasteiger partial charge >= 0.3 is 15.2 Å². The summed E-state index contributed by atoms with van der Waals surface area (Å²) in [6.07, 6.45) is 15.5. The predicted octanol–water partition coefficient (Wildman–Crippen LogP) is 7.22. The summed E-state index contributed by atoms with van der Waals surface area (Å²) >= 11 is 0. The SMILES string of the molecule is CC1=CC(C)=N/C1=C\c1c(C)c(CCCCCCCCCCCOP(=O)(O)OCC[N+](C)(C)C)cn1B(F)F. The van der Waals surface area contributed by atoms with Crippen molar-refractivity contribution < 1.29 is 31.6 Å². The number of aliphatic imine (C=N–C) groups is 1. The Balaban J connectivity index is 1.59. The van der Waals surface area contributed by atoms with Gasteiger partial charge in [0, 0.05) is 11.4 Å². The molecule has 0 bridgehead atoms. The third kappa shape index (κ3) is 12.6. The zero-order valence-electron chi connectivity index (χ0n) is 24.7. The van der Waals surface area contributed by atoms with Crippen LogP contribution in [-0.4, -0.2) is 67.9 Å². The molecule has 11 heteroatoms. The average molecular weight is 570 g/mol. The lowest BCUT2D eigenvalue weighted by atomic mass is 10.0. The number of aryl methyl sites for hydroxylation is 1. The minimum atomic E-state index is -3.96. The van der Waals surface area contributed by atoms with Gasteiger partial charge in [0.15, 0.2) is 0 Å². The number of phosphoric ester groups is 1. The Labute approximate surface area is 234 Å². The molecule has 0 amide bonds. The Kier molecular flexibility index (Phi) is 13.8. The van der Waals surface area contributed by atoms with Gasteiger partial charge in [-0.15, -0.1) is 0 Å². The van der Waals surface area contributed by atoms with Crippen LogP contribution in [0.1, 0.15) is 88.5 Å². The number of phosphoric acid groups is 1. The number of quaternary nitrogens is 1. The highest BCUT2D eigenvalue weighted by Crippen LogP contribution is 2.43. The summed E-state index contributed by atoms with van der Waals surface area (Å²) in [4.78, 5) is 14.2. The molecule has 1 aromatic heterocycles. The van der Waals surface area contributed by atoms with Crippen LogP contribution < -0.4 is 0 Å². The molecular formula is C28H48BF2N3O4P+. The maximum absolute atomic E-state index is 13.7. The minimum Gasteiger partial charge on any atom is -0.332 e. The van der Waals surface area contributed by atoms with Crippen molar-refractivity contribution in [3.63, 3.8) is 0 Å². The molecule has 2 heterocycles. The van der Waals surface area contributed by atoms with Gasteiger partial charge in [-0.05, 0) is 75.1 Å². The summed E-state index contributed by atoms with van der Waals surface area (Å²) in [7, 11) is -0.562. The summed E-state index contributed by atoms with van der Waals surface area (Å²) < 4.78 is 51.1. The number of aromatic nitrogens is 1. The van der Waals surface area contributed by atoms with Crippen LogP contribution in [0.15, 0.2) is 28.5 Å². The molecule has 1 aromatic rings. The van der Waals surface area contributed by atoms with Crippen molar-refractivity contribution in [2.45, 2.75) is 85.0 Å². The number of likely N-dealkylation sites (N-methyl/N-ethyl adjacent to an activating group) is 1. The fourth-order valence-electron chi connectivity index (χ4n) is 4.56. The lowest BCUT2D eigenvalue weighted by Crippen LogP contribution is -2.37. The van der Waals surface area contributed by atoms with E-state index in [9.17, 15) is 18.1 Å². The molecule has 1 unspecified atom stereocenters. The molecule has 0 aliphatic carbocycles. The van der Waals surface area contributed by atoms with Gasteiger partial charge in [-0.25, -0.2) is 4.57 Å². The molecule has 1 atom stereocenters. The fourth-order valence-corrected chi connectivity index (χ4v) is 5.31. The van der Waals surface area contributed by atoms with E-state index >= 15 is 0 Å². The molecular weight excluding hydrogens is 522 g/mol. The summed E-state index contributed by atoms with van der Waals surface area (Å²) in [5, 5.41) is 0. The summed E-state index contributed by atoms with van der Waals surface area (Å²) in [6, 6.07) is 0. The van der Waals surface area contributed by atoms with Gasteiger partial charge in [-0.2, -0.15) is 0 Å². The maximum atomic E-state index is 13.7. The molecule has 1 N–H and O–H groups in total. The third-order valence-electron chi connectivity index (χ3n) is 6.91. The van der Waals surface area contributed by atoms with E-state index in [1.807, 2.05) is 48.0 Å². The van der Waals surface area contributed by atoms with Crippen LogP contribution in [-0.2, 0) is 20.0 Å². The number of allylic oxidation sites excluding steroid dienone is 2. The van der Waals surface area contributed by atoms with Crippen molar-refractivity contribution in [1.82, 2.24) is 4.48 Å². The van der Waals surface area contributed by atoms with Crippen molar-refractivity contribution in [1.29, 1.82) is 0 Å². The van der Waals surface area contributed by atoms with E-state index in [1.54, 1.807) is 12.3 Å². The molecule has 39 heavy (non-hydrogen) atoms. The number of nitrogens with zero attached hydrogens (tertiary/aromatic N) is 3. The Morgan fingerprint density at radius 1 is 0.974 bits per heavy atom. The topological polar surface area (TPSA) is 73.1 Å². The normalized spacial score (nSPS) is 16.5. The van der Waals surface area contributed by atoms with Crippen molar-refractivity contribution in [2.75, 3.05) is 40.9 Å². The largest absolute Gasteiger partial charge is 0.677 e. The quantitative estimate of drug-likeness (QED) is 0.0825. The zero-order chi connectivity index (χ0) is 29.1. The number of rotatable bonds is 19. The van der Waals surface area contributed by atoms with E-state index in [-0.39, 0.29) is 13.2 Å². The van der Waals surface area contributed by atoms with Gasteiger partial charge in [0.25, 0.3) is 0 Å². The second-order valence-corrected chi connectivity index (χ2v) is 13.0. The molecule has 0 saturated carbocycles. The van der Waals surface area contributed by atoms with Gasteiger partial charge in [0.05, 0.1) is 33.4 Å². The molecule has 0 fully saturated rings. The molecule has 0 radical (unpaired) electrons. The molecule has 1 aliphatic heterocycles. The second kappa shape index (κ2) is 16.0. The standard InChI is InChI=1S/C28H47BF2N3O4P/c1-23-20-24(2)32-27(23)21-28-25(3)26(22-33(28)29(30)31)16-14-12-10-8-7-9-11-13-15-18-37-39(35,36)38-19-17-34(4,5)6/h20-22H,7-19H2,1-6H3/p+1/b27-21-. The highest BCUT2D eigenvalue weighted by atomic mass is 31.2. The fraction of sp³-hybridized carbons (Fsp3) is 0.679. The Morgan fingerprint density at radius 2 is 1.54 bits per heavy atom. The van der Waals surface area contributed by atoms with Crippen LogP contribution in [0, 0.1) is 6.92 Å². The lowest BCUT2D eigenvalue weighted by molar-refractivity contribution is -0.870. The number of hydrogen-bond donors (Lipinski definition) is 1. The molecule has 220 valence electrons. The van der Waals surface area contributed by atoms with Crippen LogP contribution in [0.3, 0.4) is 0 Å². The van der Waals surface area contributed by atoms with Gasteiger partial charge in [-0.1, -0.05) is 44.9 Å². The minimum absolute atomic E-state index is 0.186. The van der Waals surface area contributed by atoms with E-state index in [4.69, 9.17) is 9.05 Å². The summed E-state index contributed by atoms with van der Waals surface area (Å²) in [6.45, 7) is 6.83. The lowest BCUT2D eigenvalue weighted by Gasteiger charge is -2.24. The zero-order valence-corrected chi connectivity index (χ0v) is 25.6. The highest BCUT2D eigenvalue weighted by molar-refractivity contribution is 7.47. The molecule has 2 rings (SSSR count). The van der Waals surface area contributed by atoms with E-state index < -0.39 is 15.2 Å². The van der Waals surface area contributed by atoms with Crippen LogP contribution in [0.25, 0.3) is 6.08 Å².